The summed E-state index contributed by atoms with van der Waals surface area (Å²) in [6.45, 7) is 3.33. The Morgan fingerprint density at radius 1 is 1.78 bits per heavy atom. The minimum Gasteiger partial charge on any atom is -0.164 e. The lowest BCUT2D eigenvalue weighted by Crippen LogP contribution is -2.25. The van der Waals surface area contributed by atoms with Gasteiger partial charge in [-0.25, -0.2) is 0 Å². The van der Waals surface area contributed by atoms with Gasteiger partial charge in [0.15, 0.2) is 0 Å². The summed E-state index contributed by atoms with van der Waals surface area (Å²) >= 11 is 3.27. The number of halogens is 1. The second kappa shape index (κ2) is 2.73. The average molecular weight is 185 g/mol. The zero-order valence-corrected chi connectivity index (χ0v) is 6.30. The molecular weight excluding hydrogens is 180 g/mol. The quantitative estimate of drug-likeness (QED) is 0.352. The van der Waals surface area contributed by atoms with E-state index in [9.17, 15) is 0 Å². The molecule has 0 amide bonds. The molecule has 0 unspecified atom stereocenters. The second-order valence-corrected chi connectivity index (χ2v) is 2.38. The zero-order valence-electron chi connectivity index (χ0n) is 4.71. The minimum atomic E-state index is 0.966. The van der Waals surface area contributed by atoms with Crippen LogP contribution in [0.5, 0.6) is 0 Å². The Hall–Kier alpha value is -0.700. The molecule has 3 heteroatoms. The van der Waals surface area contributed by atoms with Crippen LogP contribution in [0, 0.1) is 6.20 Å². The van der Waals surface area contributed by atoms with Crippen molar-refractivity contribution >= 4 is 22.6 Å². The van der Waals surface area contributed by atoms with Gasteiger partial charge >= 0.3 is 0 Å². The Labute approximate surface area is 62.0 Å². The van der Waals surface area contributed by atoms with Gasteiger partial charge in [0.05, 0.1) is 6.72 Å². The summed E-state index contributed by atoms with van der Waals surface area (Å²) in [7, 11) is 0. The Morgan fingerprint density at radius 3 is 3.00 bits per heavy atom. The molecule has 0 N–H and O–H groups in total. The SMILES string of the molecule is C=N[n+]1[c-]ccc(Br)c1. The predicted molar refractivity (Wildman–Crippen MR) is 38.1 cm³/mol. The Balaban J connectivity index is 3.07. The van der Waals surface area contributed by atoms with Gasteiger partial charge in [-0.2, -0.15) is 4.68 Å². The zero-order chi connectivity index (χ0) is 6.69. The highest BCUT2D eigenvalue weighted by molar-refractivity contribution is 9.10. The Bertz CT molecular complexity index is 222. The lowest BCUT2D eigenvalue weighted by atomic mass is 10.5. The van der Waals surface area contributed by atoms with E-state index in [0.717, 1.165) is 4.47 Å². The summed E-state index contributed by atoms with van der Waals surface area (Å²) in [6.07, 6.45) is 4.59. The van der Waals surface area contributed by atoms with E-state index in [0.29, 0.717) is 0 Å². The van der Waals surface area contributed by atoms with E-state index >= 15 is 0 Å². The molecule has 46 valence electrons. The molecule has 0 fully saturated rings. The van der Waals surface area contributed by atoms with Crippen LogP contribution in [0.2, 0.25) is 0 Å². The van der Waals surface area contributed by atoms with Crippen molar-refractivity contribution < 1.29 is 4.68 Å². The second-order valence-electron chi connectivity index (χ2n) is 1.46. The summed E-state index contributed by atoms with van der Waals surface area (Å²) in [5.41, 5.74) is 0. The van der Waals surface area contributed by atoms with Crippen molar-refractivity contribution in [2.45, 2.75) is 0 Å². The third-order valence-electron chi connectivity index (χ3n) is 0.847. The number of rotatable bonds is 1. The van der Waals surface area contributed by atoms with Gasteiger partial charge in [0.1, 0.15) is 12.4 Å². The van der Waals surface area contributed by atoms with E-state index in [1.165, 1.54) is 4.68 Å². The first kappa shape index (κ1) is 6.42. The van der Waals surface area contributed by atoms with E-state index in [2.05, 4.69) is 33.9 Å². The molecule has 0 saturated carbocycles. The molecule has 2 nitrogen and oxygen atoms in total. The molecule has 1 heterocycles. The van der Waals surface area contributed by atoms with Crippen LogP contribution in [0.4, 0.5) is 0 Å². The van der Waals surface area contributed by atoms with Gasteiger partial charge in [0.2, 0.25) is 0 Å². The minimum absolute atomic E-state index is 0.966. The van der Waals surface area contributed by atoms with Crippen LogP contribution in [0.15, 0.2) is 27.9 Å². The van der Waals surface area contributed by atoms with Crippen LogP contribution >= 0.6 is 15.9 Å². The molecule has 1 rings (SSSR count). The fourth-order valence-corrected chi connectivity index (χ4v) is 0.798. The van der Waals surface area contributed by atoms with Gasteiger partial charge in [-0.3, -0.25) is 0 Å². The number of nitrogens with zero attached hydrogens (tertiary/aromatic N) is 2. The number of aromatic nitrogens is 1. The standard InChI is InChI=1S/C6H5BrN2/c1-8-9-4-2-3-6(7)5-9/h2-3,5H,1H2. The van der Waals surface area contributed by atoms with Crippen LogP contribution in [0.3, 0.4) is 0 Å². The summed E-state index contributed by atoms with van der Waals surface area (Å²) in [5, 5.41) is 3.61. The van der Waals surface area contributed by atoms with Crippen LogP contribution in [0.25, 0.3) is 0 Å². The monoisotopic (exact) mass is 184 g/mol. The number of hydrogen-bond donors (Lipinski definition) is 0. The van der Waals surface area contributed by atoms with E-state index in [-0.39, 0.29) is 0 Å². The van der Waals surface area contributed by atoms with Crippen molar-refractivity contribution in [1.29, 1.82) is 0 Å². The first-order chi connectivity index (χ1) is 4.33. The Kier molecular flexibility index (Phi) is 1.95. The fraction of sp³-hybridized carbons (Fsp3) is 0. The molecule has 0 atom stereocenters. The average Bonchev–Trinajstić information content (AvgIpc) is 1.88. The number of hydrogen-bond acceptors (Lipinski definition) is 1. The third-order valence-corrected chi connectivity index (χ3v) is 1.32. The summed E-state index contributed by atoms with van der Waals surface area (Å²) in [6, 6.07) is 3.64. The van der Waals surface area contributed by atoms with Gasteiger partial charge in [0.25, 0.3) is 0 Å². The van der Waals surface area contributed by atoms with Crippen LogP contribution in [0.1, 0.15) is 0 Å². The molecule has 0 aromatic carbocycles. The summed E-state index contributed by atoms with van der Waals surface area (Å²) in [5.74, 6) is 0. The molecule has 0 aliphatic rings. The highest BCUT2D eigenvalue weighted by Crippen LogP contribution is 2.02. The summed E-state index contributed by atoms with van der Waals surface area (Å²) < 4.78 is 2.47. The van der Waals surface area contributed by atoms with Crippen LogP contribution in [-0.4, -0.2) is 6.72 Å². The first-order valence-corrected chi connectivity index (χ1v) is 3.18. The van der Waals surface area contributed by atoms with Crippen molar-refractivity contribution in [3.05, 3.63) is 29.0 Å². The highest BCUT2D eigenvalue weighted by atomic mass is 79.9. The maximum atomic E-state index is 3.61. The Morgan fingerprint density at radius 2 is 2.56 bits per heavy atom. The molecular formula is C6H5BrN2. The van der Waals surface area contributed by atoms with E-state index in [1.54, 1.807) is 12.3 Å². The smallest absolute Gasteiger partial charge is 0.148 e. The lowest BCUT2D eigenvalue weighted by Gasteiger charge is -1.91. The molecule has 0 saturated heterocycles. The maximum Gasteiger partial charge on any atom is 0.148 e. The van der Waals surface area contributed by atoms with Gasteiger partial charge in [0, 0.05) is 0 Å². The lowest BCUT2D eigenvalue weighted by molar-refractivity contribution is -0.682. The van der Waals surface area contributed by atoms with Crippen molar-refractivity contribution in [2.75, 3.05) is 0 Å². The van der Waals surface area contributed by atoms with Gasteiger partial charge in [-0.1, -0.05) is 15.9 Å². The van der Waals surface area contributed by atoms with Crippen molar-refractivity contribution in [1.82, 2.24) is 0 Å². The molecule has 0 aliphatic heterocycles. The topological polar surface area (TPSA) is 16.2 Å². The molecule has 0 aliphatic carbocycles. The van der Waals surface area contributed by atoms with Gasteiger partial charge in [-0.15, -0.1) is 12.1 Å². The molecule has 0 bridgehead atoms. The molecule has 1 aromatic rings. The normalized spacial score (nSPS) is 9.00. The van der Waals surface area contributed by atoms with E-state index < -0.39 is 0 Å². The molecule has 0 spiro atoms. The largest absolute Gasteiger partial charge is 0.164 e. The molecule has 0 radical (unpaired) electrons. The van der Waals surface area contributed by atoms with Crippen molar-refractivity contribution in [3.8, 4) is 0 Å². The number of pyridine rings is 1. The molecule has 9 heavy (non-hydrogen) atoms. The molecule has 1 aromatic heterocycles. The van der Waals surface area contributed by atoms with Gasteiger partial charge < -0.3 is 0 Å². The maximum absolute atomic E-state index is 3.61. The van der Waals surface area contributed by atoms with Crippen molar-refractivity contribution in [3.63, 3.8) is 0 Å². The first-order valence-electron chi connectivity index (χ1n) is 2.39. The van der Waals surface area contributed by atoms with E-state index in [1.807, 2.05) is 6.07 Å². The van der Waals surface area contributed by atoms with Crippen LogP contribution in [-0.2, 0) is 0 Å². The van der Waals surface area contributed by atoms with Crippen LogP contribution < -0.4 is 4.68 Å². The third kappa shape index (κ3) is 1.61. The fourth-order valence-electron chi connectivity index (χ4n) is 0.472. The van der Waals surface area contributed by atoms with E-state index in [4.69, 9.17) is 0 Å². The highest BCUT2D eigenvalue weighted by Gasteiger charge is 1.84. The predicted octanol–water partition coefficient (Wildman–Crippen LogP) is 1.00. The summed E-state index contributed by atoms with van der Waals surface area (Å²) in [4.78, 5) is 0. The van der Waals surface area contributed by atoms with Crippen molar-refractivity contribution in [2.24, 2.45) is 5.10 Å². The van der Waals surface area contributed by atoms with Gasteiger partial charge in [-0.05, 0) is 9.57 Å².